The fraction of sp³-hybridized carbons (Fsp3) is 0.0714. The maximum atomic E-state index is 13.8. The zero-order chi connectivity index (χ0) is 13.0. The molecule has 0 aliphatic rings. The van der Waals surface area contributed by atoms with Crippen molar-refractivity contribution in [3.8, 4) is 6.07 Å². The largest absolute Gasteiger partial charge is 0.205 e. The fourth-order valence-corrected chi connectivity index (χ4v) is 2.61. The van der Waals surface area contributed by atoms with Gasteiger partial charge in [-0.15, -0.1) is 11.8 Å². The van der Waals surface area contributed by atoms with E-state index in [4.69, 9.17) is 5.26 Å². The molecule has 90 valence electrons. The van der Waals surface area contributed by atoms with E-state index in [1.807, 2.05) is 30.3 Å². The van der Waals surface area contributed by atoms with Gasteiger partial charge in [-0.2, -0.15) is 5.26 Å². The van der Waals surface area contributed by atoms with Crippen molar-refractivity contribution < 1.29 is 4.39 Å². The summed E-state index contributed by atoms with van der Waals surface area (Å²) in [4.78, 5) is 1.07. The van der Waals surface area contributed by atoms with Gasteiger partial charge in [-0.25, -0.2) is 4.39 Å². The van der Waals surface area contributed by atoms with Gasteiger partial charge in [0.15, 0.2) is 0 Å². The van der Waals surface area contributed by atoms with Gasteiger partial charge in [-0.3, -0.25) is 0 Å². The van der Waals surface area contributed by atoms with Gasteiger partial charge < -0.3 is 0 Å². The third-order valence-corrected chi connectivity index (χ3v) is 4.00. The van der Waals surface area contributed by atoms with Crippen LogP contribution in [-0.2, 0) is 5.75 Å². The lowest BCUT2D eigenvalue weighted by molar-refractivity contribution is 0.613. The maximum absolute atomic E-state index is 13.8. The van der Waals surface area contributed by atoms with Crippen LogP contribution in [0.3, 0.4) is 0 Å². The van der Waals surface area contributed by atoms with Crippen LogP contribution >= 0.6 is 27.7 Å². The van der Waals surface area contributed by atoms with Gasteiger partial charge >= 0.3 is 0 Å². The average molecular weight is 322 g/mol. The Morgan fingerprint density at radius 1 is 1.17 bits per heavy atom. The third kappa shape index (κ3) is 3.12. The molecular formula is C14H9BrFNS. The van der Waals surface area contributed by atoms with Gasteiger partial charge in [0.05, 0.1) is 5.56 Å². The summed E-state index contributed by atoms with van der Waals surface area (Å²) in [6.07, 6.45) is 0. The molecule has 2 aromatic rings. The molecular weight excluding hydrogens is 313 g/mol. The number of thioether (sulfide) groups is 1. The molecule has 1 nitrogen and oxygen atoms in total. The second-order valence-corrected chi connectivity index (χ2v) is 5.60. The molecule has 0 heterocycles. The number of hydrogen-bond acceptors (Lipinski definition) is 2. The van der Waals surface area contributed by atoms with Crippen molar-refractivity contribution in [2.75, 3.05) is 0 Å². The molecule has 2 rings (SSSR count). The monoisotopic (exact) mass is 321 g/mol. The van der Waals surface area contributed by atoms with Gasteiger partial charge in [-0.05, 0) is 35.9 Å². The number of halogens is 2. The van der Waals surface area contributed by atoms with Crippen LogP contribution in [0.2, 0.25) is 0 Å². The smallest absolute Gasteiger partial charge is 0.144 e. The minimum Gasteiger partial charge on any atom is -0.205 e. The predicted molar refractivity (Wildman–Crippen MR) is 74.8 cm³/mol. The Bertz CT molecular complexity index is 590. The minimum absolute atomic E-state index is 0.101. The second-order valence-electron chi connectivity index (χ2n) is 3.63. The summed E-state index contributed by atoms with van der Waals surface area (Å²) < 4.78 is 14.8. The first kappa shape index (κ1) is 13.1. The summed E-state index contributed by atoms with van der Waals surface area (Å²) in [5, 5.41) is 8.76. The highest BCUT2D eigenvalue weighted by Crippen LogP contribution is 2.26. The number of hydrogen-bond donors (Lipinski definition) is 0. The molecule has 0 amide bonds. The van der Waals surface area contributed by atoms with Crippen molar-refractivity contribution in [3.63, 3.8) is 0 Å². The van der Waals surface area contributed by atoms with Gasteiger partial charge in [0.2, 0.25) is 0 Å². The molecule has 18 heavy (non-hydrogen) atoms. The van der Waals surface area contributed by atoms with Crippen LogP contribution in [0.4, 0.5) is 4.39 Å². The van der Waals surface area contributed by atoms with E-state index >= 15 is 0 Å². The number of nitrogens with zero attached hydrogens (tertiary/aromatic N) is 1. The molecule has 0 N–H and O–H groups in total. The van der Waals surface area contributed by atoms with Crippen LogP contribution in [-0.4, -0.2) is 0 Å². The van der Waals surface area contributed by atoms with E-state index in [0.717, 1.165) is 9.37 Å². The fourth-order valence-electron chi connectivity index (χ4n) is 1.47. The Morgan fingerprint density at radius 2 is 1.89 bits per heavy atom. The molecule has 0 aromatic heterocycles. The Hall–Kier alpha value is -1.31. The lowest BCUT2D eigenvalue weighted by Gasteiger charge is -2.04. The van der Waals surface area contributed by atoms with Crippen LogP contribution in [0.1, 0.15) is 11.1 Å². The average Bonchev–Trinajstić information content (AvgIpc) is 2.39. The lowest BCUT2D eigenvalue weighted by atomic mass is 10.1. The molecule has 0 bridgehead atoms. The summed E-state index contributed by atoms with van der Waals surface area (Å²) in [5.41, 5.74) is 0.658. The quantitative estimate of drug-likeness (QED) is 0.761. The first-order valence-corrected chi connectivity index (χ1v) is 7.04. The molecule has 0 spiro atoms. The number of nitriles is 1. The normalized spacial score (nSPS) is 10.1. The van der Waals surface area contributed by atoms with Crippen molar-refractivity contribution in [1.82, 2.24) is 0 Å². The molecule has 0 aliphatic carbocycles. The first-order chi connectivity index (χ1) is 8.70. The minimum atomic E-state index is -0.412. The molecule has 2 aromatic carbocycles. The Morgan fingerprint density at radius 3 is 2.56 bits per heavy atom. The van der Waals surface area contributed by atoms with Crippen molar-refractivity contribution in [2.24, 2.45) is 0 Å². The molecule has 0 saturated heterocycles. The van der Waals surface area contributed by atoms with E-state index in [9.17, 15) is 4.39 Å². The van der Waals surface area contributed by atoms with Crippen LogP contribution in [0, 0.1) is 17.1 Å². The summed E-state index contributed by atoms with van der Waals surface area (Å²) >= 11 is 4.91. The zero-order valence-corrected chi connectivity index (χ0v) is 11.8. The van der Waals surface area contributed by atoms with E-state index in [0.29, 0.717) is 11.3 Å². The van der Waals surface area contributed by atoms with Gasteiger partial charge in [-0.1, -0.05) is 28.1 Å². The Labute approximate surface area is 118 Å². The topological polar surface area (TPSA) is 23.8 Å². The van der Waals surface area contributed by atoms with Gasteiger partial charge in [0, 0.05) is 15.1 Å². The van der Waals surface area contributed by atoms with E-state index in [-0.39, 0.29) is 5.56 Å². The van der Waals surface area contributed by atoms with Crippen molar-refractivity contribution in [3.05, 3.63) is 63.9 Å². The maximum Gasteiger partial charge on any atom is 0.144 e. The molecule has 0 saturated carbocycles. The van der Waals surface area contributed by atoms with Crippen LogP contribution in [0.25, 0.3) is 0 Å². The standard InChI is InChI=1S/C14H9BrFNS/c15-12-4-6-13(7-5-12)18-9-11-3-1-2-10(8-17)14(11)16/h1-7H,9H2. The number of benzene rings is 2. The van der Waals surface area contributed by atoms with Crippen LogP contribution in [0.5, 0.6) is 0 Å². The molecule has 0 unspecified atom stereocenters. The highest BCUT2D eigenvalue weighted by atomic mass is 79.9. The summed E-state index contributed by atoms with van der Waals surface area (Å²) in [5.74, 6) is 0.104. The van der Waals surface area contributed by atoms with Crippen molar-refractivity contribution in [1.29, 1.82) is 5.26 Å². The van der Waals surface area contributed by atoms with Gasteiger partial charge in [0.25, 0.3) is 0 Å². The molecule has 0 radical (unpaired) electrons. The third-order valence-electron chi connectivity index (χ3n) is 2.41. The van der Waals surface area contributed by atoms with E-state index in [1.165, 1.54) is 6.07 Å². The lowest BCUT2D eigenvalue weighted by Crippen LogP contribution is -1.91. The van der Waals surface area contributed by atoms with Crippen LogP contribution < -0.4 is 0 Å². The Kier molecular flexibility index (Phi) is 4.40. The molecule has 0 aliphatic heterocycles. The van der Waals surface area contributed by atoms with Crippen molar-refractivity contribution in [2.45, 2.75) is 10.6 Å². The highest BCUT2D eigenvalue weighted by molar-refractivity contribution is 9.10. The highest BCUT2D eigenvalue weighted by Gasteiger charge is 2.07. The van der Waals surface area contributed by atoms with E-state index in [2.05, 4.69) is 15.9 Å². The van der Waals surface area contributed by atoms with Crippen molar-refractivity contribution >= 4 is 27.7 Å². The summed E-state index contributed by atoms with van der Waals surface area (Å²) in [6.45, 7) is 0. The van der Waals surface area contributed by atoms with Gasteiger partial charge in [0.1, 0.15) is 11.9 Å². The Balaban J connectivity index is 2.11. The predicted octanol–water partition coefficient (Wildman–Crippen LogP) is 4.75. The number of rotatable bonds is 3. The van der Waals surface area contributed by atoms with E-state index < -0.39 is 5.82 Å². The van der Waals surface area contributed by atoms with E-state index in [1.54, 1.807) is 23.9 Å². The molecule has 0 fully saturated rings. The van der Waals surface area contributed by atoms with Crippen LogP contribution in [0.15, 0.2) is 51.8 Å². The zero-order valence-electron chi connectivity index (χ0n) is 9.36. The summed E-state index contributed by atoms with van der Waals surface area (Å²) in [7, 11) is 0. The molecule has 4 heteroatoms. The summed E-state index contributed by atoms with van der Waals surface area (Å²) in [6, 6.07) is 14.6. The molecule has 0 atom stereocenters. The second kappa shape index (κ2) is 6.03. The first-order valence-electron chi connectivity index (χ1n) is 5.26. The SMILES string of the molecule is N#Cc1cccc(CSc2ccc(Br)cc2)c1F.